The predicted molar refractivity (Wildman–Crippen MR) is 103 cm³/mol. The smallest absolute Gasteiger partial charge is 0.331 e. The molecule has 2 heterocycles. The Balaban J connectivity index is 1.34. The molecule has 29 heavy (non-hydrogen) atoms. The molecule has 0 unspecified atom stereocenters. The normalized spacial score (nSPS) is 12.7. The van der Waals surface area contributed by atoms with Gasteiger partial charge in [0.2, 0.25) is 5.82 Å². The highest BCUT2D eigenvalue weighted by molar-refractivity contribution is 5.87. The number of rotatable bonds is 6. The number of hydrogen-bond donors (Lipinski definition) is 0. The first kappa shape index (κ1) is 18.5. The van der Waals surface area contributed by atoms with Crippen LogP contribution in [0, 0.1) is 0 Å². The molecule has 0 bridgehead atoms. The topological polar surface area (TPSA) is 92.9 Å². The fourth-order valence-corrected chi connectivity index (χ4v) is 2.70. The van der Waals surface area contributed by atoms with Crippen LogP contribution in [-0.4, -0.2) is 36.4 Å². The maximum atomic E-state index is 12.0. The zero-order chi connectivity index (χ0) is 20.1. The van der Waals surface area contributed by atoms with Gasteiger partial charge in [0.1, 0.15) is 19.0 Å². The Morgan fingerprint density at radius 2 is 2.00 bits per heavy atom. The Kier molecular flexibility index (Phi) is 5.42. The van der Waals surface area contributed by atoms with Crippen molar-refractivity contribution in [2.24, 2.45) is 0 Å². The van der Waals surface area contributed by atoms with Crippen molar-refractivity contribution in [1.82, 2.24) is 10.1 Å². The van der Waals surface area contributed by atoms with Gasteiger partial charge in [0.05, 0.1) is 7.11 Å². The third-order valence-corrected chi connectivity index (χ3v) is 4.11. The summed E-state index contributed by atoms with van der Waals surface area (Å²) in [4.78, 5) is 16.2. The molecule has 4 rings (SSSR count). The molecule has 0 fully saturated rings. The molecule has 0 N–H and O–H groups in total. The average Bonchev–Trinajstić information content (AvgIpc) is 3.25. The molecular formula is C21H18N2O6. The van der Waals surface area contributed by atoms with Gasteiger partial charge in [0.15, 0.2) is 18.1 Å². The second kappa shape index (κ2) is 8.47. The number of fused-ring (bicyclic) bond motifs is 1. The lowest BCUT2D eigenvalue weighted by atomic mass is 10.2. The van der Waals surface area contributed by atoms with Crippen LogP contribution in [0.2, 0.25) is 0 Å². The fraction of sp³-hybridized carbons (Fsp3) is 0.190. The quantitative estimate of drug-likeness (QED) is 0.465. The van der Waals surface area contributed by atoms with Crippen LogP contribution >= 0.6 is 0 Å². The van der Waals surface area contributed by atoms with E-state index >= 15 is 0 Å². The molecule has 0 saturated heterocycles. The molecule has 0 atom stereocenters. The number of hydrogen-bond acceptors (Lipinski definition) is 8. The molecule has 3 aromatic rings. The van der Waals surface area contributed by atoms with Crippen molar-refractivity contribution < 1.29 is 28.3 Å². The summed E-state index contributed by atoms with van der Waals surface area (Å²) in [6, 6.07) is 12.7. The van der Waals surface area contributed by atoms with Gasteiger partial charge >= 0.3 is 5.97 Å². The van der Waals surface area contributed by atoms with Crippen LogP contribution in [0.25, 0.3) is 17.5 Å². The van der Waals surface area contributed by atoms with E-state index in [1.165, 1.54) is 6.08 Å². The lowest BCUT2D eigenvalue weighted by Crippen LogP contribution is -2.15. The van der Waals surface area contributed by atoms with Crippen LogP contribution in [0.4, 0.5) is 0 Å². The lowest BCUT2D eigenvalue weighted by Gasteiger charge is -2.18. The van der Waals surface area contributed by atoms with Gasteiger partial charge in [-0.15, -0.1) is 0 Å². The van der Waals surface area contributed by atoms with Gasteiger partial charge in [-0.25, -0.2) is 4.79 Å². The van der Waals surface area contributed by atoms with Crippen molar-refractivity contribution in [2.45, 2.75) is 6.61 Å². The molecule has 1 aromatic heterocycles. The zero-order valence-electron chi connectivity index (χ0n) is 15.7. The Hall–Kier alpha value is -3.81. The minimum Gasteiger partial charge on any atom is -0.497 e. The summed E-state index contributed by atoms with van der Waals surface area (Å²) in [5.41, 5.74) is 1.54. The minimum absolute atomic E-state index is 0.124. The molecule has 0 amide bonds. The van der Waals surface area contributed by atoms with E-state index < -0.39 is 5.97 Å². The summed E-state index contributed by atoms with van der Waals surface area (Å²) < 4.78 is 26.5. The van der Waals surface area contributed by atoms with Crippen molar-refractivity contribution in [2.75, 3.05) is 20.3 Å². The van der Waals surface area contributed by atoms with Crippen LogP contribution in [0.15, 0.2) is 53.1 Å². The van der Waals surface area contributed by atoms with E-state index in [9.17, 15) is 4.79 Å². The van der Waals surface area contributed by atoms with Gasteiger partial charge < -0.3 is 23.5 Å². The van der Waals surface area contributed by atoms with E-state index in [1.807, 2.05) is 24.3 Å². The number of esters is 1. The van der Waals surface area contributed by atoms with Gasteiger partial charge in [-0.05, 0) is 35.9 Å². The largest absolute Gasteiger partial charge is 0.497 e. The number of nitrogens with zero attached hydrogens (tertiary/aromatic N) is 2. The first-order valence-electron chi connectivity index (χ1n) is 8.93. The lowest BCUT2D eigenvalue weighted by molar-refractivity contribution is -0.139. The molecule has 148 valence electrons. The summed E-state index contributed by atoms with van der Waals surface area (Å²) in [6.45, 7) is 0.912. The Labute approximate surface area is 166 Å². The van der Waals surface area contributed by atoms with Gasteiger partial charge in [0, 0.05) is 11.6 Å². The van der Waals surface area contributed by atoms with E-state index in [1.54, 1.807) is 31.4 Å². The van der Waals surface area contributed by atoms with Crippen molar-refractivity contribution in [3.05, 3.63) is 60.0 Å². The van der Waals surface area contributed by atoms with Crippen LogP contribution < -0.4 is 14.2 Å². The molecule has 8 heteroatoms. The van der Waals surface area contributed by atoms with E-state index in [2.05, 4.69) is 10.1 Å². The highest BCUT2D eigenvalue weighted by Gasteiger charge is 2.12. The molecule has 8 nitrogen and oxygen atoms in total. The zero-order valence-corrected chi connectivity index (χ0v) is 15.7. The second-order valence-corrected chi connectivity index (χ2v) is 6.09. The summed E-state index contributed by atoms with van der Waals surface area (Å²) in [5, 5.41) is 3.90. The van der Waals surface area contributed by atoms with Gasteiger partial charge in [-0.2, -0.15) is 4.98 Å². The summed E-state index contributed by atoms with van der Waals surface area (Å²) in [5.74, 6) is 2.10. The Bertz CT molecular complexity index is 1040. The summed E-state index contributed by atoms with van der Waals surface area (Å²) >= 11 is 0. The molecule has 0 saturated carbocycles. The molecular weight excluding hydrogens is 376 g/mol. The third-order valence-electron chi connectivity index (χ3n) is 4.11. The number of carbonyl (C=O) groups excluding carboxylic acids is 1. The van der Waals surface area contributed by atoms with E-state index in [-0.39, 0.29) is 12.5 Å². The highest BCUT2D eigenvalue weighted by atomic mass is 16.6. The standard InChI is InChI=1S/C21H18N2O6/c1-25-16-4-2-3-15(12-16)21-22-19(29-23-21)13-28-20(24)8-6-14-5-7-17-18(11-14)27-10-9-26-17/h2-8,11-12H,9-10,13H2,1H3/b8-6+. The van der Waals surface area contributed by atoms with Crippen molar-refractivity contribution in [3.8, 4) is 28.6 Å². The van der Waals surface area contributed by atoms with E-state index in [4.69, 9.17) is 23.5 Å². The number of methoxy groups -OCH3 is 1. The highest BCUT2D eigenvalue weighted by Crippen LogP contribution is 2.31. The molecule has 0 aliphatic carbocycles. The third kappa shape index (κ3) is 4.55. The van der Waals surface area contributed by atoms with E-state index in [0.29, 0.717) is 36.3 Å². The number of benzene rings is 2. The number of ether oxygens (including phenoxy) is 4. The Morgan fingerprint density at radius 1 is 1.14 bits per heavy atom. The van der Waals surface area contributed by atoms with Crippen molar-refractivity contribution in [1.29, 1.82) is 0 Å². The fourth-order valence-electron chi connectivity index (χ4n) is 2.70. The number of aromatic nitrogens is 2. The van der Waals surface area contributed by atoms with Crippen molar-refractivity contribution >= 4 is 12.0 Å². The SMILES string of the molecule is COc1cccc(-c2noc(COC(=O)/C=C/c3ccc4c(c3)OCCO4)n2)c1. The van der Waals surface area contributed by atoms with E-state index in [0.717, 1.165) is 11.1 Å². The van der Waals surface area contributed by atoms with Crippen molar-refractivity contribution in [3.63, 3.8) is 0 Å². The van der Waals surface area contributed by atoms with Gasteiger partial charge in [-0.1, -0.05) is 23.4 Å². The minimum atomic E-state index is -0.527. The second-order valence-electron chi connectivity index (χ2n) is 6.09. The van der Waals surface area contributed by atoms with Crippen LogP contribution in [0.5, 0.6) is 17.2 Å². The molecule has 2 aromatic carbocycles. The Morgan fingerprint density at radius 3 is 2.86 bits per heavy atom. The maximum absolute atomic E-state index is 12.0. The van der Waals surface area contributed by atoms with Gasteiger partial charge in [-0.3, -0.25) is 0 Å². The number of carbonyl (C=O) groups is 1. The average molecular weight is 394 g/mol. The summed E-state index contributed by atoms with van der Waals surface area (Å²) in [6.07, 6.45) is 2.96. The molecule has 1 aliphatic rings. The van der Waals surface area contributed by atoms with Crippen LogP contribution in [0.3, 0.4) is 0 Å². The molecule has 1 aliphatic heterocycles. The van der Waals surface area contributed by atoms with Gasteiger partial charge in [0.25, 0.3) is 5.89 Å². The first-order chi connectivity index (χ1) is 14.2. The van der Waals surface area contributed by atoms with Crippen LogP contribution in [-0.2, 0) is 16.1 Å². The predicted octanol–water partition coefficient (Wildman–Crippen LogP) is 3.27. The maximum Gasteiger partial charge on any atom is 0.331 e. The van der Waals surface area contributed by atoms with Crippen LogP contribution in [0.1, 0.15) is 11.5 Å². The monoisotopic (exact) mass is 394 g/mol. The molecule has 0 radical (unpaired) electrons. The first-order valence-corrected chi connectivity index (χ1v) is 8.93. The molecule has 0 spiro atoms. The summed E-state index contributed by atoms with van der Waals surface area (Å²) in [7, 11) is 1.58.